The lowest BCUT2D eigenvalue weighted by molar-refractivity contribution is 0.0633. The molecule has 3 aliphatic rings. The van der Waals surface area contributed by atoms with Crippen LogP contribution in [0.2, 0.25) is 5.02 Å². The number of hydrogen-bond donors (Lipinski definition) is 0. The minimum absolute atomic E-state index is 0.0821. The first-order chi connectivity index (χ1) is 14.3. The number of carbonyl (C=O) groups is 1. The highest BCUT2D eigenvalue weighted by Gasteiger charge is 2.39. The monoisotopic (exact) mass is 445 g/mol. The topological polar surface area (TPSA) is 72.9 Å². The maximum atomic E-state index is 13.0. The SMILES string of the molecule is Cc1cc2c(c3c1C(=O)/C(=C/c1ccc(Cl)cc1)O3)CN(C1CCS(=O)(=O)C1)CO2. The lowest BCUT2D eigenvalue weighted by Gasteiger charge is -2.33. The molecule has 3 aliphatic heterocycles. The van der Waals surface area contributed by atoms with Crippen LogP contribution in [-0.2, 0) is 16.4 Å². The lowest BCUT2D eigenvalue weighted by atomic mass is 9.98. The number of sulfone groups is 1. The van der Waals surface area contributed by atoms with E-state index in [1.165, 1.54) is 0 Å². The molecule has 1 fully saturated rings. The molecule has 1 saturated heterocycles. The summed E-state index contributed by atoms with van der Waals surface area (Å²) >= 11 is 5.94. The summed E-state index contributed by atoms with van der Waals surface area (Å²) in [6.07, 6.45) is 2.30. The summed E-state index contributed by atoms with van der Waals surface area (Å²) in [5.41, 5.74) is 2.94. The molecule has 0 N–H and O–H groups in total. The van der Waals surface area contributed by atoms with Crippen LogP contribution >= 0.6 is 11.6 Å². The van der Waals surface area contributed by atoms with Gasteiger partial charge in [0.15, 0.2) is 15.6 Å². The van der Waals surface area contributed by atoms with Crippen molar-refractivity contribution in [1.82, 2.24) is 4.90 Å². The number of halogens is 1. The van der Waals surface area contributed by atoms with Gasteiger partial charge in [-0.25, -0.2) is 8.42 Å². The predicted molar refractivity (Wildman–Crippen MR) is 114 cm³/mol. The highest BCUT2D eigenvalue weighted by atomic mass is 35.5. The summed E-state index contributed by atoms with van der Waals surface area (Å²) in [7, 11) is -3.00. The van der Waals surface area contributed by atoms with E-state index in [4.69, 9.17) is 21.1 Å². The Balaban J connectivity index is 1.49. The number of aryl methyl sites for hydroxylation is 1. The van der Waals surface area contributed by atoms with Gasteiger partial charge >= 0.3 is 0 Å². The van der Waals surface area contributed by atoms with Crippen molar-refractivity contribution in [2.45, 2.75) is 25.9 Å². The Bertz CT molecular complexity index is 1190. The van der Waals surface area contributed by atoms with Crippen molar-refractivity contribution in [1.29, 1.82) is 0 Å². The van der Waals surface area contributed by atoms with Crippen LogP contribution < -0.4 is 9.47 Å². The number of carbonyl (C=O) groups excluding carboxylic acids is 1. The minimum atomic E-state index is -3.00. The third-order valence-electron chi connectivity index (χ3n) is 5.84. The zero-order chi connectivity index (χ0) is 21.0. The van der Waals surface area contributed by atoms with Crippen molar-refractivity contribution in [2.24, 2.45) is 0 Å². The van der Waals surface area contributed by atoms with E-state index in [2.05, 4.69) is 0 Å². The second-order valence-electron chi connectivity index (χ2n) is 7.94. The Hall–Kier alpha value is -2.35. The van der Waals surface area contributed by atoms with Gasteiger partial charge < -0.3 is 9.47 Å². The molecule has 0 saturated carbocycles. The number of fused-ring (bicyclic) bond motifs is 3. The maximum Gasteiger partial charge on any atom is 0.232 e. The molecule has 3 heterocycles. The number of nitrogens with zero attached hydrogens (tertiary/aromatic N) is 1. The molecule has 0 aromatic heterocycles. The summed E-state index contributed by atoms with van der Waals surface area (Å²) in [6.45, 7) is 2.68. The number of Topliss-reactive ketones (excluding diaryl/α,β-unsaturated/α-hetero) is 1. The van der Waals surface area contributed by atoms with E-state index >= 15 is 0 Å². The van der Waals surface area contributed by atoms with Crippen molar-refractivity contribution in [3.05, 3.63) is 63.4 Å². The molecule has 0 spiro atoms. The van der Waals surface area contributed by atoms with E-state index in [9.17, 15) is 13.2 Å². The number of ketones is 1. The summed E-state index contributed by atoms with van der Waals surface area (Å²) in [4.78, 5) is 15.1. The summed E-state index contributed by atoms with van der Waals surface area (Å²) in [6, 6.07) is 8.94. The second-order valence-corrected chi connectivity index (χ2v) is 10.6. The Morgan fingerprint density at radius 2 is 2.00 bits per heavy atom. The van der Waals surface area contributed by atoms with E-state index in [1.807, 2.05) is 30.0 Å². The van der Waals surface area contributed by atoms with E-state index < -0.39 is 9.84 Å². The fraction of sp³-hybridized carbons (Fsp3) is 0.318. The number of ether oxygens (including phenoxy) is 2. The second kappa shape index (κ2) is 7.11. The van der Waals surface area contributed by atoms with E-state index in [0.29, 0.717) is 41.8 Å². The molecule has 1 atom stereocenters. The fourth-order valence-electron chi connectivity index (χ4n) is 4.26. The average Bonchev–Trinajstić information content (AvgIpc) is 3.23. The predicted octanol–water partition coefficient (Wildman–Crippen LogP) is 3.60. The smallest absolute Gasteiger partial charge is 0.232 e. The van der Waals surface area contributed by atoms with Gasteiger partial charge in [0.1, 0.15) is 18.2 Å². The Kier molecular flexibility index (Phi) is 4.65. The molecule has 2 aromatic rings. The normalized spacial score (nSPS) is 23.7. The molecular weight excluding hydrogens is 426 g/mol. The van der Waals surface area contributed by atoms with Gasteiger partial charge in [0.2, 0.25) is 5.78 Å². The number of rotatable bonds is 2. The quantitative estimate of drug-likeness (QED) is 0.657. The first-order valence-electron chi connectivity index (χ1n) is 9.74. The van der Waals surface area contributed by atoms with Crippen LogP contribution in [-0.4, -0.2) is 43.4 Å². The zero-order valence-corrected chi connectivity index (χ0v) is 17.9. The highest BCUT2D eigenvalue weighted by molar-refractivity contribution is 7.91. The highest BCUT2D eigenvalue weighted by Crippen LogP contribution is 2.44. The molecule has 1 unspecified atom stereocenters. The van der Waals surface area contributed by atoms with Gasteiger partial charge in [-0.3, -0.25) is 9.69 Å². The Labute approximate surface area is 180 Å². The first kappa shape index (κ1) is 19.6. The first-order valence-corrected chi connectivity index (χ1v) is 11.9. The molecule has 0 bridgehead atoms. The van der Waals surface area contributed by atoms with Crippen molar-refractivity contribution >= 4 is 33.3 Å². The maximum absolute atomic E-state index is 13.0. The summed E-state index contributed by atoms with van der Waals surface area (Å²) in [5.74, 6) is 1.63. The van der Waals surface area contributed by atoms with Crippen LogP contribution in [0.3, 0.4) is 0 Å². The average molecular weight is 446 g/mol. The van der Waals surface area contributed by atoms with Gasteiger partial charge in [0, 0.05) is 17.6 Å². The van der Waals surface area contributed by atoms with E-state index in [1.54, 1.807) is 18.2 Å². The largest absolute Gasteiger partial charge is 0.478 e. The molecule has 0 amide bonds. The molecule has 2 aromatic carbocycles. The van der Waals surface area contributed by atoms with Crippen LogP contribution in [0.4, 0.5) is 0 Å². The van der Waals surface area contributed by atoms with Crippen molar-refractivity contribution in [3.63, 3.8) is 0 Å². The van der Waals surface area contributed by atoms with Gasteiger partial charge in [0.25, 0.3) is 0 Å². The third kappa shape index (κ3) is 3.41. The van der Waals surface area contributed by atoms with Crippen molar-refractivity contribution in [2.75, 3.05) is 18.2 Å². The van der Waals surface area contributed by atoms with Gasteiger partial charge in [-0.05, 0) is 48.7 Å². The summed E-state index contributed by atoms with van der Waals surface area (Å²) < 4.78 is 35.7. The molecule has 0 aliphatic carbocycles. The standard InChI is InChI=1S/C22H20ClNO5S/c1-13-8-18-17(10-24(12-28-18)16-6-7-30(26,27)11-16)22-20(13)21(25)19(29-22)9-14-2-4-15(23)5-3-14/h2-5,8-9,16H,6-7,10-12H2,1H3/b19-9-. The molecule has 156 valence electrons. The van der Waals surface area contributed by atoms with Gasteiger partial charge in [0.05, 0.1) is 22.6 Å². The van der Waals surface area contributed by atoms with Gasteiger partial charge in [-0.1, -0.05) is 23.7 Å². The minimum Gasteiger partial charge on any atom is -0.478 e. The van der Waals surface area contributed by atoms with Crippen LogP contribution in [0.5, 0.6) is 11.5 Å². The number of benzene rings is 2. The van der Waals surface area contributed by atoms with Crippen LogP contribution in [0.15, 0.2) is 36.1 Å². The van der Waals surface area contributed by atoms with Crippen molar-refractivity contribution < 1.29 is 22.7 Å². The van der Waals surface area contributed by atoms with Crippen molar-refractivity contribution in [3.8, 4) is 11.5 Å². The van der Waals surface area contributed by atoms with E-state index in [0.717, 1.165) is 16.7 Å². The van der Waals surface area contributed by atoms with Crippen LogP contribution in [0, 0.1) is 6.92 Å². The van der Waals surface area contributed by atoms with Crippen LogP contribution in [0.25, 0.3) is 6.08 Å². The molecule has 0 radical (unpaired) electrons. The zero-order valence-electron chi connectivity index (χ0n) is 16.4. The Morgan fingerprint density at radius 1 is 1.23 bits per heavy atom. The number of hydrogen-bond acceptors (Lipinski definition) is 6. The number of allylic oxidation sites excluding steroid dienone is 1. The molecule has 30 heavy (non-hydrogen) atoms. The lowest BCUT2D eigenvalue weighted by Crippen LogP contribution is -2.41. The van der Waals surface area contributed by atoms with Gasteiger partial charge in [-0.2, -0.15) is 0 Å². The molecule has 6 nitrogen and oxygen atoms in total. The third-order valence-corrected chi connectivity index (χ3v) is 7.85. The molecule has 5 rings (SSSR count). The summed E-state index contributed by atoms with van der Waals surface area (Å²) in [5, 5.41) is 0.621. The Morgan fingerprint density at radius 3 is 2.70 bits per heavy atom. The van der Waals surface area contributed by atoms with Gasteiger partial charge in [-0.15, -0.1) is 0 Å². The van der Waals surface area contributed by atoms with Crippen LogP contribution in [0.1, 0.15) is 33.5 Å². The molecular formula is C22H20ClNO5S. The van der Waals surface area contributed by atoms with E-state index in [-0.39, 0.29) is 29.1 Å². The fourth-order valence-corrected chi connectivity index (χ4v) is 6.14. The molecule has 8 heteroatoms.